The van der Waals surface area contributed by atoms with Crippen molar-refractivity contribution >= 4 is 0 Å². The molecule has 1 N–H and O–H groups in total. The van der Waals surface area contributed by atoms with Crippen molar-refractivity contribution in [3.63, 3.8) is 0 Å². The van der Waals surface area contributed by atoms with Crippen LogP contribution in [0.2, 0.25) is 0 Å². The molecule has 0 amide bonds. The predicted octanol–water partition coefficient (Wildman–Crippen LogP) is 2.18. The van der Waals surface area contributed by atoms with Crippen LogP contribution in [0.4, 0.5) is 0 Å². The minimum Gasteiger partial charge on any atom is -0.367 e. The van der Waals surface area contributed by atoms with E-state index in [2.05, 4.69) is 38.3 Å². The maximum absolute atomic E-state index is 5.83. The molecule has 5 heteroatoms. The van der Waals surface area contributed by atoms with Gasteiger partial charge in [-0.3, -0.25) is 10.00 Å². The van der Waals surface area contributed by atoms with Crippen molar-refractivity contribution in [3.8, 4) is 0 Å². The van der Waals surface area contributed by atoms with Crippen molar-refractivity contribution in [2.45, 2.75) is 38.8 Å². The van der Waals surface area contributed by atoms with Gasteiger partial charge in [-0.05, 0) is 42.9 Å². The summed E-state index contributed by atoms with van der Waals surface area (Å²) >= 11 is 0. The zero-order chi connectivity index (χ0) is 14.9. The Morgan fingerprint density at radius 1 is 1.32 bits per heavy atom. The van der Waals surface area contributed by atoms with Crippen molar-refractivity contribution in [1.82, 2.24) is 20.1 Å². The quantitative estimate of drug-likeness (QED) is 0.943. The molecule has 1 saturated heterocycles. The van der Waals surface area contributed by atoms with Crippen LogP contribution in [0.5, 0.6) is 0 Å². The SMILES string of the molecule is Cc1nc([C@@H]2CN(Cc3ccc4c(c3)CCC4)CCO2)n[nH]1. The van der Waals surface area contributed by atoms with E-state index in [0.717, 1.165) is 37.9 Å². The molecule has 4 rings (SSSR count). The molecule has 2 heterocycles. The highest BCUT2D eigenvalue weighted by Gasteiger charge is 2.25. The molecule has 1 aliphatic heterocycles. The molecular formula is C17H22N4O. The molecule has 0 bridgehead atoms. The first-order valence-electron chi connectivity index (χ1n) is 8.11. The number of aryl methyl sites for hydroxylation is 3. The van der Waals surface area contributed by atoms with E-state index in [-0.39, 0.29) is 6.10 Å². The first-order valence-corrected chi connectivity index (χ1v) is 8.11. The van der Waals surface area contributed by atoms with Gasteiger partial charge < -0.3 is 4.74 Å². The van der Waals surface area contributed by atoms with E-state index in [0.29, 0.717) is 0 Å². The maximum Gasteiger partial charge on any atom is 0.180 e. The Bertz CT molecular complexity index is 666. The Labute approximate surface area is 130 Å². The second-order valence-corrected chi connectivity index (χ2v) is 6.33. The Morgan fingerprint density at radius 3 is 3.09 bits per heavy atom. The largest absolute Gasteiger partial charge is 0.367 e. The van der Waals surface area contributed by atoms with Gasteiger partial charge in [0.15, 0.2) is 5.82 Å². The lowest BCUT2D eigenvalue weighted by Gasteiger charge is -2.31. The van der Waals surface area contributed by atoms with E-state index < -0.39 is 0 Å². The van der Waals surface area contributed by atoms with E-state index in [4.69, 9.17) is 4.74 Å². The lowest BCUT2D eigenvalue weighted by atomic mass is 10.1. The summed E-state index contributed by atoms with van der Waals surface area (Å²) in [7, 11) is 0. The molecule has 0 saturated carbocycles. The van der Waals surface area contributed by atoms with Crippen LogP contribution in [0, 0.1) is 6.92 Å². The fourth-order valence-corrected chi connectivity index (χ4v) is 3.49. The number of hydrogen-bond acceptors (Lipinski definition) is 4. The number of ether oxygens (including phenoxy) is 1. The highest BCUT2D eigenvalue weighted by atomic mass is 16.5. The van der Waals surface area contributed by atoms with Crippen molar-refractivity contribution < 1.29 is 4.74 Å². The van der Waals surface area contributed by atoms with Crippen LogP contribution in [-0.2, 0) is 24.1 Å². The third kappa shape index (κ3) is 2.78. The number of fused-ring (bicyclic) bond motifs is 1. The molecule has 0 radical (unpaired) electrons. The average molecular weight is 298 g/mol. The Kier molecular flexibility index (Phi) is 3.68. The fourth-order valence-electron chi connectivity index (χ4n) is 3.49. The molecule has 5 nitrogen and oxygen atoms in total. The lowest BCUT2D eigenvalue weighted by Crippen LogP contribution is -2.38. The predicted molar refractivity (Wildman–Crippen MR) is 83.6 cm³/mol. The number of aromatic nitrogens is 3. The van der Waals surface area contributed by atoms with Crippen molar-refractivity contribution in [2.24, 2.45) is 0 Å². The van der Waals surface area contributed by atoms with Crippen LogP contribution < -0.4 is 0 Å². The summed E-state index contributed by atoms with van der Waals surface area (Å²) in [6, 6.07) is 6.99. The minimum atomic E-state index is -0.0203. The molecule has 2 aliphatic rings. The molecule has 22 heavy (non-hydrogen) atoms. The Balaban J connectivity index is 1.44. The van der Waals surface area contributed by atoms with Crippen molar-refractivity contribution in [1.29, 1.82) is 0 Å². The number of H-pyrrole nitrogens is 1. The van der Waals surface area contributed by atoms with Gasteiger partial charge in [0.05, 0.1) is 6.61 Å². The molecule has 116 valence electrons. The van der Waals surface area contributed by atoms with Gasteiger partial charge >= 0.3 is 0 Å². The second kappa shape index (κ2) is 5.82. The van der Waals surface area contributed by atoms with Gasteiger partial charge in [0.2, 0.25) is 0 Å². The molecule has 0 unspecified atom stereocenters. The Hall–Kier alpha value is -1.72. The number of hydrogen-bond donors (Lipinski definition) is 1. The normalized spacial score (nSPS) is 22.0. The number of nitrogens with one attached hydrogen (secondary N) is 1. The summed E-state index contributed by atoms with van der Waals surface area (Å²) in [5.41, 5.74) is 4.50. The average Bonchev–Trinajstić information content (AvgIpc) is 3.16. The molecule has 1 atom stereocenters. The first kappa shape index (κ1) is 13.9. The highest BCUT2D eigenvalue weighted by molar-refractivity contribution is 5.35. The van der Waals surface area contributed by atoms with Crippen molar-refractivity contribution in [3.05, 3.63) is 46.5 Å². The lowest BCUT2D eigenvalue weighted by molar-refractivity contribution is -0.0370. The number of morpholine rings is 1. The van der Waals surface area contributed by atoms with E-state index >= 15 is 0 Å². The van der Waals surface area contributed by atoms with Crippen LogP contribution in [-0.4, -0.2) is 39.8 Å². The maximum atomic E-state index is 5.83. The van der Waals surface area contributed by atoms with Crippen LogP contribution in [0.25, 0.3) is 0 Å². The topological polar surface area (TPSA) is 54.0 Å². The monoisotopic (exact) mass is 298 g/mol. The summed E-state index contributed by atoms with van der Waals surface area (Å²) in [6.45, 7) is 5.47. The van der Waals surface area contributed by atoms with Gasteiger partial charge in [0, 0.05) is 19.6 Å². The summed E-state index contributed by atoms with van der Waals surface area (Å²) < 4.78 is 5.83. The second-order valence-electron chi connectivity index (χ2n) is 6.33. The smallest absolute Gasteiger partial charge is 0.180 e. The van der Waals surface area contributed by atoms with Crippen LogP contribution in [0.1, 0.15) is 40.9 Å². The van der Waals surface area contributed by atoms with Crippen LogP contribution in [0.3, 0.4) is 0 Å². The van der Waals surface area contributed by atoms with E-state index in [1.54, 1.807) is 11.1 Å². The number of rotatable bonds is 3. The number of nitrogens with zero attached hydrogens (tertiary/aromatic N) is 3. The summed E-state index contributed by atoms with van der Waals surface area (Å²) in [4.78, 5) is 6.85. The zero-order valence-corrected chi connectivity index (χ0v) is 13.0. The Morgan fingerprint density at radius 2 is 2.23 bits per heavy atom. The molecule has 1 aromatic carbocycles. The van der Waals surface area contributed by atoms with E-state index in [9.17, 15) is 0 Å². The third-order valence-corrected chi connectivity index (χ3v) is 4.62. The molecular weight excluding hydrogens is 276 g/mol. The highest BCUT2D eigenvalue weighted by Crippen LogP contribution is 2.25. The van der Waals surface area contributed by atoms with Gasteiger partial charge in [-0.1, -0.05) is 18.2 Å². The third-order valence-electron chi connectivity index (χ3n) is 4.62. The molecule has 1 fully saturated rings. The molecule has 1 aliphatic carbocycles. The summed E-state index contributed by atoms with van der Waals surface area (Å²) in [6.07, 6.45) is 3.78. The van der Waals surface area contributed by atoms with Gasteiger partial charge in [-0.2, -0.15) is 5.10 Å². The number of benzene rings is 1. The first-order chi connectivity index (χ1) is 10.8. The standard InChI is InChI=1S/C17H22N4O/c1-12-18-17(20-19-12)16-11-21(7-8-22-16)10-13-5-6-14-3-2-4-15(14)9-13/h5-6,9,16H,2-4,7-8,10-11H2,1H3,(H,18,19,20)/t16-/m0/s1. The van der Waals surface area contributed by atoms with Gasteiger partial charge in [0.1, 0.15) is 11.9 Å². The molecule has 1 aromatic heterocycles. The minimum absolute atomic E-state index is 0.0203. The van der Waals surface area contributed by atoms with Gasteiger partial charge in [-0.15, -0.1) is 0 Å². The zero-order valence-electron chi connectivity index (χ0n) is 13.0. The van der Waals surface area contributed by atoms with Crippen molar-refractivity contribution in [2.75, 3.05) is 19.7 Å². The fraction of sp³-hybridized carbons (Fsp3) is 0.529. The van der Waals surface area contributed by atoms with E-state index in [1.165, 1.54) is 24.8 Å². The summed E-state index contributed by atoms with van der Waals surface area (Å²) in [5.74, 6) is 1.62. The molecule has 2 aromatic rings. The van der Waals surface area contributed by atoms with Gasteiger partial charge in [0.25, 0.3) is 0 Å². The van der Waals surface area contributed by atoms with Crippen LogP contribution >= 0.6 is 0 Å². The van der Waals surface area contributed by atoms with E-state index in [1.807, 2.05) is 6.92 Å². The number of aromatic amines is 1. The van der Waals surface area contributed by atoms with Gasteiger partial charge in [-0.25, -0.2) is 4.98 Å². The van der Waals surface area contributed by atoms with Crippen LogP contribution in [0.15, 0.2) is 18.2 Å². The molecule has 0 spiro atoms. The summed E-state index contributed by atoms with van der Waals surface area (Å²) in [5, 5.41) is 7.14.